The standard InChI is InChI=1S/C8H10BNS/c1-3-10-4-7(5-11)6(2)8(10)9/h4-5H,3H2,1-2H3/i5D. The van der Waals surface area contributed by atoms with Gasteiger partial charge in [-0.05, 0) is 25.0 Å². The van der Waals surface area contributed by atoms with Gasteiger partial charge in [-0.2, -0.15) is 0 Å². The summed E-state index contributed by atoms with van der Waals surface area (Å²) in [6.07, 6.45) is 1.83. The van der Waals surface area contributed by atoms with E-state index in [4.69, 9.17) is 21.4 Å². The molecule has 0 N–H and O–H groups in total. The topological polar surface area (TPSA) is 4.93 Å². The van der Waals surface area contributed by atoms with Crippen LogP contribution in [0.1, 0.15) is 19.4 Å². The summed E-state index contributed by atoms with van der Waals surface area (Å²) in [5, 5.41) is 0.159. The van der Waals surface area contributed by atoms with Crippen LogP contribution in [0.5, 0.6) is 0 Å². The SMILES string of the molecule is [2H]C(=S)c1cn(CC)c([B])c1C. The maximum absolute atomic E-state index is 7.31. The predicted octanol–water partition coefficient (Wildman–Crippen LogP) is 0.958. The minimum Gasteiger partial charge on any atom is -0.361 e. The summed E-state index contributed by atoms with van der Waals surface area (Å²) < 4.78 is 9.20. The van der Waals surface area contributed by atoms with Crippen LogP contribution in [0.2, 0.25) is 0 Å². The van der Waals surface area contributed by atoms with Gasteiger partial charge in [0.05, 0.1) is 1.37 Å². The molecule has 1 nitrogen and oxygen atoms in total. The quantitative estimate of drug-likeness (QED) is 0.465. The summed E-state index contributed by atoms with van der Waals surface area (Å²) in [5.41, 5.74) is 2.39. The van der Waals surface area contributed by atoms with Gasteiger partial charge in [-0.15, -0.1) is 0 Å². The second-order valence-corrected chi connectivity index (χ2v) is 2.65. The highest BCUT2D eigenvalue weighted by Crippen LogP contribution is 2.03. The molecule has 0 amide bonds. The first-order chi connectivity index (χ1) is 5.57. The summed E-state index contributed by atoms with van der Waals surface area (Å²) in [7, 11) is 5.77. The summed E-state index contributed by atoms with van der Waals surface area (Å²) in [4.78, 5) is 0. The van der Waals surface area contributed by atoms with Crippen molar-refractivity contribution in [2.75, 3.05) is 0 Å². The molecule has 1 aromatic heterocycles. The Hall–Kier alpha value is -0.565. The van der Waals surface area contributed by atoms with E-state index in [1.54, 1.807) is 0 Å². The van der Waals surface area contributed by atoms with Crippen LogP contribution in [0, 0.1) is 6.92 Å². The number of hydrogen-bond acceptors (Lipinski definition) is 1. The maximum atomic E-state index is 7.31. The number of aromatic nitrogens is 1. The van der Waals surface area contributed by atoms with Gasteiger partial charge in [-0.3, -0.25) is 0 Å². The zero-order valence-electron chi connectivity index (χ0n) is 7.72. The minimum atomic E-state index is 0.159. The molecule has 1 heterocycles. The second kappa shape index (κ2) is 3.22. The van der Waals surface area contributed by atoms with Gasteiger partial charge in [0.1, 0.15) is 7.85 Å². The van der Waals surface area contributed by atoms with Crippen molar-refractivity contribution in [3.63, 3.8) is 0 Å². The molecule has 11 heavy (non-hydrogen) atoms. The highest BCUT2D eigenvalue weighted by atomic mass is 32.1. The van der Waals surface area contributed by atoms with Crippen LogP contribution in [0.25, 0.3) is 0 Å². The van der Waals surface area contributed by atoms with Gasteiger partial charge in [0.15, 0.2) is 0 Å². The van der Waals surface area contributed by atoms with Crippen molar-refractivity contribution in [2.24, 2.45) is 0 Å². The summed E-state index contributed by atoms with van der Waals surface area (Å²) in [5.74, 6) is 0. The Morgan fingerprint density at radius 1 is 1.91 bits per heavy atom. The van der Waals surface area contributed by atoms with E-state index in [1.807, 2.05) is 24.6 Å². The molecule has 0 aliphatic carbocycles. The summed E-state index contributed by atoms with van der Waals surface area (Å²) >= 11 is 4.77. The van der Waals surface area contributed by atoms with Crippen molar-refractivity contribution in [1.82, 2.24) is 4.57 Å². The molecule has 0 spiro atoms. The van der Waals surface area contributed by atoms with E-state index in [0.29, 0.717) is 5.59 Å². The van der Waals surface area contributed by atoms with Gasteiger partial charge in [-0.25, -0.2) is 0 Å². The Labute approximate surface area is 75.2 Å². The molecular formula is C8H10BNS. The Kier molecular flexibility index (Phi) is 2.08. The van der Waals surface area contributed by atoms with E-state index < -0.39 is 0 Å². The molecule has 0 unspecified atom stereocenters. The van der Waals surface area contributed by atoms with E-state index in [2.05, 4.69) is 0 Å². The van der Waals surface area contributed by atoms with Gasteiger partial charge in [-0.1, -0.05) is 12.2 Å². The van der Waals surface area contributed by atoms with E-state index in [1.165, 1.54) is 0 Å². The van der Waals surface area contributed by atoms with Gasteiger partial charge >= 0.3 is 0 Å². The van der Waals surface area contributed by atoms with Crippen molar-refractivity contribution >= 4 is 31.0 Å². The monoisotopic (exact) mass is 164 g/mol. The predicted molar refractivity (Wildman–Crippen MR) is 53.0 cm³/mol. The molecule has 0 saturated heterocycles. The molecule has 2 radical (unpaired) electrons. The van der Waals surface area contributed by atoms with Gasteiger partial charge < -0.3 is 4.57 Å². The molecule has 0 fully saturated rings. The fourth-order valence-electron chi connectivity index (χ4n) is 1.04. The molecule has 0 bridgehead atoms. The average molecular weight is 164 g/mol. The molecule has 0 atom stereocenters. The third-order valence-electron chi connectivity index (χ3n) is 1.83. The van der Waals surface area contributed by atoms with Crippen LogP contribution in [-0.4, -0.2) is 17.8 Å². The average Bonchev–Trinajstić information content (AvgIpc) is 2.30. The van der Waals surface area contributed by atoms with Crippen molar-refractivity contribution in [3.8, 4) is 0 Å². The molecule has 0 aromatic carbocycles. The molecule has 0 aliphatic heterocycles. The fourth-order valence-corrected chi connectivity index (χ4v) is 1.25. The van der Waals surface area contributed by atoms with Crippen molar-refractivity contribution in [3.05, 3.63) is 17.3 Å². The van der Waals surface area contributed by atoms with Gasteiger partial charge in [0, 0.05) is 23.6 Å². The molecule has 0 saturated carbocycles. The number of hydrogen-bond donors (Lipinski definition) is 0. The smallest absolute Gasteiger partial charge is 0.139 e. The Morgan fingerprint density at radius 3 is 2.82 bits per heavy atom. The van der Waals surface area contributed by atoms with Crippen LogP contribution in [0.3, 0.4) is 0 Å². The van der Waals surface area contributed by atoms with E-state index in [-0.39, 0.29) is 5.34 Å². The lowest BCUT2D eigenvalue weighted by atomic mass is 9.99. The first kappa shape index (κ1) is 7.10. The lowest BCUT2D eigenvalue weighted by molar-refractivity contribution is 0.789. The lowest BCUT2D eigenvalue weighted by Gasteiger charge is -2.00. The lowest BCUT2D eigenvalue weighted by Crippen LogP contribution is -2.17. The van der Waals surface area contributed by atoms with Crippen LogP contribution in [0.4, 0.5) is 0 Å². The van der Waals surface area contributed by atoms with Crippen LogP contribution >= 0.6 is 12.2 Å². The summed E-state index contributed by atoms with van der Waals surface area (Å²) in [6.45, 7) is 4.71. The highest BCUT2D eigenvalue weighted by Gasteiger charge is 2.03. The Morgan fingerprint density at radius 2 is 2.55 bits per heavy atom. The Bertz CT molecular complexity index is 319. The van der Waals surface area contributed by atoms with Gasteiger partial charge in [0.25, 0.3) is 0 Å². The fraction of sp³-hybridized carbons (Fsp3) is 0.375. The number of nitrogens with zero attached hydrogens (tertiary/aromatic N) is 1. The first-order valence-electron chi connectivity index (χ1n) is 4.04. The minimum absolute atomic E-state index is 0.159. The largest absolute Gasteiger partial charge is 0.361 e. The molecular weight excluding hydrogens is 153 g/mol. The zero-order valence-corrected chi connectivity index (χ0v) is 7.53. The zero-order chi connectivity index (χ0) is 9.30. The first-order valence-corrected chi connectivity index (χ1v) is 3.94. The van der Waals surface area contributed by atoms with Crippen LogP contribution in [-0.2, 0) is 6.54 Å². The number of aryl methyl sites for hydroxylation is 1. The Balaban J connectivity index is 3.25. The molecule has 0 aliphatic rings. The van der Waals surface area contributed by atoms with Gasteiger partial charge in [0.2, 0.25) is 0 Å². The molecule has 1 rings (SSSR count). The normalized spacial score (nSPS) is 11.3. The van der Waals surface area contributed by atoms with Crippen molar-refractivity contribution in [2.45, 2.75) is 20.4 Å². The molecule has 1 aromatic rings. The van der Waals surface area contributed by atoms with Crippen LogP contribution in [0.15, 0.2) is 6.20 Å². The number of thiocarbonyl (C=S) groups is 1. The third-order valence-corrected chi connectivity index (χ3v) is 2.05. The van der Waals surface area contributed by atoms with E-state index in [0.717, 1.165) is 17.7 Å². The van der Waals surface area contributed by atoms with E-state index in [9.17, 15) is 0 Å². The number of rotatable bonds is 2. The molecule has 56 valence electrons. The van der Waals surface area contributed by atoms with E-state index >= 15 is 0 Å². The van der Waals surface area contributed by atoms with Crippen LogP contribution < -0.4 is 5.59 Å². The third kappa shape index (κ3) is 1.38. The van der Waals surface area contributed by atoms with Crippen molar-refractivity contribution < 1.29 is 1.37 Å². The summed E-state index contributed by atoms with van der Waals surface area (Å²) in [6, 6.07) is 0. The second-order valence-electron chi connectivity index (χ2n) is 2.44. The maximum Gasteiger partial charge on any atom is 0.139 e. The highest BCUT2D eigenvalue weighted by molar-refractivity contribution is 7.79. The van der Waals surface area contributed by atoms with Crippen molar-refractivity contribution in [1.29, 1.82) is 0 Å². The molecule has 3 heteroatoms.